The maximum Gasteiger partial charge on any atom is 0.322 e. The summed E-state index contributed by atoms with van der Waals surface area (Å²) in [6.45, 7) is 6.33. The molecule has 6 atom stereocenters. The number of H-pyrrole nitrogens is 1. The third-order valence-electron chi connectivity index (χ3n) is 13.5. The van der Waals surface area contributed by atoms with Gasteiger partial charge in [0.05, 0.1) is 36.5 Å². The number of hydrogen-bond donors (Lipinski definition) is 3. The number of hydrogen-bond acceptors (Lipinski definition) is 9. The summed E-state index contributed by atoms with van der Waals surface area (Å²) in [6.07, 6.45) is 11.4. The van der Waals surface area contributed by atoms with Crippen molar-refractivity contribution in [3.63, 3.8) is 0 Å². The van der Waals surface area contributed by atoms with Crippen LogP contribution in [-0.2, 0) is 21.7 Å². The van der Waals surface area contributed by atoms with Gasteiger partial charge < -0.3 is 29.1 Å². The number of allylic oxidation sites excluding steroid dienone is 4. The number of nitrogens with zero attached hydrogens (tertiary/aromatic N) is 3. The summed E-state index contributed by atoms with van der Waals surface area (Å²) in [5.74, 6) is 3.28. The number of ketones is 1. The Bertz CT molecular complexity index is 2180. The molecule has 0 bridgehead atoms. The number of benzene rings is 2. The number of aliphatic hydroxyl groups excluding tert-OH is 1. The summed E-state index contributed by atoms with van der Waals surface area (Å²) in [5.41, 5.74) is 10.1. The van der Waals surface area contributed by atoms with Gasteiger partial charge in [0.15, 0.2) is 11.5 Å². The first-order valence-corrected chi connectivity index (χ1v) is 21.6. The van der Waals surface area contributed by atoms with Crippen molar-refractivity contribution in [2.24, 2.45) is 17.3 Å². The summed E-state index contributed by atoms with van der Waals surface area (Å²) in [5, 5.41) is 21.9. The molecule has 0 radical (unpaired) electrons. The van der Waals surface area contributed by atoms with Crippen molar-refractivity contribution < 1.29 is 29.0 Å². The topological polar surface area (TPSA) is 144 Å². The van der Waals surface area contributed by atoms with Gasteiger partial charge in [0.1, 0.15) is 11.5 Å². The first-order chi connectivity index (χ1) is 27.3. The summed E-state index contributed by atoms with van der Waals surface area (Å²) in [7, 11) is 7.37. The Morgan fingerprint density at radius 3 is 2.53 bits per heavy atom. The molecule has 2 fully saturated rings. The zero-order valence-electron chi connectivity index (χ0n) is 34.5. The van der Waals surface area contributed by atoms with Crippen LogP contribution in [0.2, 0.25) is 0 Å². The average molecular weight is 795 g/mol. The Morgan fingerprint density at radius 1 is 1.05 bits per heavy atom. The number of aromatic amines is 1. The Morgan fingerprint density at radius 2 is 1.82 bits per heavy atom. The third-order valence-corrected chi connectivity index (χ3v) is 14.7. The fourth-order valence-corrected chi connectivity index (χ4v) is 11.5. The number of aliphatic hydroxyl groups is 2. The molecule has 0 spiro atoms. The minimum absolute atomic E-state index is 0.138. The number of aromatic nitrogens is 3. The van der Waals surface area contributed by atoms with Crippen molar-refractivity contribution in [1.82, 2.24) is 15.0 Å². The number of carbonyl (C=O) groups excluding carboxylic acids is 1. The van der Waals surface area contributed by atoms with Crippen LogP contribution in [0.3, 0.4) is 0 Å². The molecule has 304 valence electrons. The van der Waals surface area contributed by atoms with Crippen molar-refractivity contribution in [3.05, 3.63) is 93.8 Å². The van der Waals surface area contributed by atoms with Crippen LogP contribution in [0.4, 0.5) is 5.69 Å². The molecular formula is C46H58N4O6S. The van der Waals surface area contributed by atoms with E-state index >= 15 is 0 Å². The van der Waals surface area contributed by atoms with Crippen LogP contribution in [0.25, 0.3) is 11.0 Å². The largest absolute Gasteiger partial charge is 0.609 e. The minimum atomic E-state index is -1.33. The summed E-state index contributed by atoms with van der Waals surface area (Å²) in [6, 6.07) is 14.5. The molecule has 4 aromatic rings. The van der Waals surface area contributed by atoms with E-state index in [-0.39, 0.29) is 29.5 Å². The van der Waals surface area contributed by atoms with Crippen LogP contribution >= 0.6 is 0 Å². The SMILES string of the molecule is CN(C)c1ccc([C@H]2C[C@]3(C)[C@@H](CC[C@]3(O)CCCO)[C@@H]3CCC4=CC(=O)CCC4=C32)cc1.COc1ccc2[nH]c([S+]([O-])Cc3ncc(C)c(OC)c3C)nc2c1. The molecule has 4 aliphatic carbocycles. The average Bonchev–Trinajstić information content (AvgIpc) is 3.75. The highest BCUT2D eigenvalue weighted by Gasteiger charge is 2.62. The summed E-state index contributed by atoms with van der Waals surface area (Å²) in [4.78, 5) is 26.2. The highest BCUT2D eigenvalue weighted by molar-refractivity contribution is 7.90. The number of ether oxygens (including phenoxy) is 2. The zero-order chi connectivity index (χ0) is 40.6. The van der Waals surface area contributed by atoms with Crippen LogP contribution in [0.1, 0.15) is 93.0 Å². The van der Waals surface area contributed by atoms with Gasteiger partial charge in [-0.15, -0.1) is 0 Å². The van der Waals surface area contributed by atoms with E-state index in [1.54, 1.807) is 26.0 Å². The number of nitrogens with one attached hydrogen (secondary N) is 1. The quantitative estimate of drug-likeness (QED) is 0.136. The molecule has 2 heterocycles. The van der Waals surface area contributed by atoms with Crippen LogP contribution in [-0.4, -0.2) is 76.0 Å². The van der Waals surface area contributed by atoms with E-state index < -0.39 is 16.8 Å². The Balaban J connectivity index is 0.000000183. The molecular weight excluding hydrogens is 737 g/mol. The Hall–Kier alpha value is -4.16. The van der Waals surface area contributed by atoms with Crippen molar-refractivity contribution in [1.29, 1.82) is 0 Å². The molecule has 57 heavy (non-hydrogen) atoms. The molecule has 2 aromatic heterocycles. The standard InChI is InChI=1S/C29H39NO3.C17H19N3O3S/c1-28-18-25(19-5-8-21(9-6-19)30(2)3)27-23-12-10-22(32)17-20(23)7-11-24(27)26(28)13-15-29(28,33)14-4-16-31;1-10-8-18-15(11(2)16(10)23-4)9-24(21)17-19-13-6-5-12(22-3)7-14(13)20-17/h5-6,8-9,17,24-26,31,33H,4,7,10-16,18H2,1-3H3;5-8H,9H2,1-4H3,(H,19,20)/t24-,25+,26-,28+,29+;/m0./s1. The van der Waals surface area contributed by atoms with E-state index in [4.69, 9.17) is 9.47 Å². The monoisotopic (exact) mass is 794 g/mol. The van der Waals surface area contributed by atoms with E-state index in [0.29, 0.717) is 42.0 Å². The highest BCUT2D eigenvalue weighted by Crippen LogP contribution is 2.67. The highest BCUT2D eigenvalue weighted by atomic mass is 32.2. The number of aryl methyl sites for hydroxylation is 1. The van der Waals surface area contributed by atoms with E-state index in [9.17, 15) is 19.6 Å². The lowest BCUT2D eigenvalue weighted by molar-refractivity contribution is -0.114. The second-order valence-corrected chi connectivity index (χ2v) is 18.2. The molecule has 3 N–H and O–H groups in total. The van der Waals surface area contributed by atoms with Crippen molar-refractivity contribution >= 4 is 33.7 Å². The Labute approximate surface area is 340 Å². The predicted molar refractivity (Wildman–Crippen MR) is 225 cm³/mol. The second-order valence-electron chi connectivity index (χ2n) is 16.8. The van der Waals surface area contributed by atoms with Gasteiger partial charge in [-0.3, -0.25) is 14.8 Å². The zero-order valence-corrected chi connectivity index (χ0v) is 35.3. The number of carbonyl (C=O) groups is 1. The van der Waals surface area contributed by atoms with Gasteiger partial charge in [0.25, 0.3) is 0 Å². The maximum absolute atomic E-state index is 12.7. The van der Waals surface area contributed by atoms with E-state index in [1.165, 1.54) is 22.4 Å². The number of methoxy groups -OCH3 is 2. The van der Waals surface area contributed by atoms with Crippen LogP contribution in [0.5, 0.6) is 11.5 Å². The van der Waals surface area contributed by atoms with Crippen LogP contribution in [0.15, 0.2) is 76.6 Å². The predicted octanol–water partition coefficient (Wildman–Crippen LogP) is 8.06. The molecule has 0 saturated heterocycles. The fourth-order valence-electron chi connectivity index (χ4n) is 10.4. The number of anilines is 1. The van der Waals surface area contributed by atoms with Gasteiger partial charge in [-0.2, -0.15) is 4.98 Å². The van der Waals surface area contributed by atoms with Crippen LogP contribution < -0.4 is 14.4 Å². The van der Waals surface area contributed by atoms with Gasteiger partial charge in [-0.05, 0) is 124 Å². The van der Waals surface area contributed by atoms with Gasteiger partial charge in [0.2, 0.25) is 0 Å². The normalized spacial score (nSPS) is 25.8. The summed E-state index contributed by atoms with van der Waals surface area (Å²) >= 11 is -1.33. The first-order valence-electron chi connectivity index (χ1n) is 20.3. The molecule has 8 rings (SSSR count). The van der Waals surface area contributed by atoms with Gasteiger partial charge >= 0.3 is 5.16 Å². The van der Waals surface area contributed by atoms with Crippen LogP contribution in [0, 0.1) is 31.1 Å². The van der Waals surface area contributed by atoms with Crippen molar-refractivity contribution in [2.75, 3.05) is 39.8 Å². The minimum Gasteiger partial charge on any atom is -0.609 e. The number of fused-ring (bicyclic) bond motifs is 5. The lowest BCUT2D eigenvalue weighted by Gasteiger charge is -2.55. The molecule has 2 saturated carbocycles. The molecule has 2 aromatic carbocycles. The fraction of sp³-hybridized carbons (Fsp3) is 0.500. The Kier molecular flexibility index (Phi) is 11.9. The number of imidazole rings is 1. The smallest absolute Gasteiger partial charge is 0.322 e. The number of rotatable bonds is 10. The number of pyridine rings is 1. The van der Waals surface area contributed by atoms with Gasteiger partial charge in [-0.1, -0.05) is 24.6 Å². The molecule has 11 heteroatoms. The first kappa shape index (κ1) is 41.0. The van der Waals surface area contributed by atoms with Crippen molar-refractivity contribution in [3.8, 4) is 11.5 Å². The molecule has 4 aliphatic rings. The van der Waals surface area contributed by atoms with E-state index in [2.05, 4.69) is 65.1 Å². The molecule has 1 unspecified atom stereocenters. The lowest BCUT2D eigenvalue weighted by atomic mass is 9.51. The van der Waals surface area contributed by atoms with Gasteiger partial charge in [-0.25, -0.2) is 0 Å². The lowest BCUT2D eigenvalue weighted by Crippen LogP contribution is -2.51. The van der Waals surface area contributed by atoms with E-state index in [1.807, 2.05) is 38.1 Å². The molecule has 0 amide bonds. The van der Waals surface area contributed by atoms with E-state index in [0.717, 1.165) is 72.1 Å². The molecule has 10 nitrogen and oxygen atoms in total. The second kappa shape index (κ2) is 16.6. The molecule has 0 aliphatic heterocycles. The maximum atomic E-state index is 12.7. The van der Waals surface area contributed by atoms with Crippen molar-refractivity contribution in [2.45, 2.75) is 101 Å². The summed E-state index contributed by atoms with van der Waals surface area (Å²) < 4.78 is 23.3. The third kappa shape index (κ3) is 7.76. The van der Waals surface area contributed by atoms with Gasteiger partial charge in [0, 0.05) is 78.7 Å².